The zero-order valence-corrected chi connectivity index (χ0v) is 9.30. The van der Waals surface area contributed by atoms with Crippen molar-refractivity contribution < 1.29 is 0 Å². The van der Waals surface area contributed by atoms with Gasteiger partial charge in [-0.25, -0.2) is 0 Å². The summed E-state index contributed by atoms with van der Waals surface area (Å²) in [6, 6.07) is 16.3. The molecule has 0 aliphatic carbocycles. The Morgan fingerprint density at radius 2 is 1.65 bits per heavy atom. The Morgan fingerprint density at radius 3 is 2.41 bits per heavy atom. The largest absolute Gasteiger partial charge is 0.322 e. The summed E-state index contributed by atoms with van der Waals surface area (Å²) in [5, 5.41) is 2.38. The van der Waals surface area contributed by atoms with Crippen LogP contribution in [0.15, 0.2) is 60.9 Å². The van der Waals surface area contributed by atoms with Crippen LogP contribution in [0.4, 0.5) is 0 Å². The number of terminal acetylenes is 1. The third-order valence-corrected chi connectivity index (χ3v) is 2.92. The summed E-state index contributed by atoms with van der Waals surface area (Å²) in [5.74, 6) is 2.76. The minimum absolute atomic E-state index is 0.917. The van der Waals surface area contributed by atoms with Gasteiger partial charge in [-0.2, -0.15) is 0 Å². The zero-order valence-electron chi connectivity index (χ0n) is 9.30. The molecule has 0 radical (unpaired) electrons. The predicted octanol–water partition coefficient (Wildman–Crippen LogP) is 3.61. The smallest absolute Gasteiger partial charge is 0.0685 e. The Morgan fingerprint density at radius 1 is 0.882 bits per heavy atom. The number of benzene rings is 2. The molecule has 17 heavy (non-hydrogen) atoms. The topological polar surface area (TPSA) is 4.93 Å². The number of hydrogen-bond donors (Lipinski definition) is 0. The SMILES string of the molecule is C#Cc1ccc2ccccc2c1-n1cccc1. The summed E-state index contributed by atoms with van der Waals surface area (Å²) in [7, 11) is 0. The lowest BCUT2D eigenvalue weighted by molar-refractivity contribution is 1.09. The fourth-order valence-electron chi connectivity index (χ4n) is 2.13. The van der Waals surface area contributed by atoms with E-state index in [1.807, 2.05) is 42.7 Å². The Hall–Kier alpha value is -2.46. The highest BCUT2D eigenvalue weighted by Crippen LogP contribution is 2.25. The number of aromatic nitrogens is 1. The van der Waals surface area contributed by atoms with E-state index in [2.05, 4.69) is 28.7 Å². The van der Waals surface area contributed by atoms with Gasteiger partial charge >= 0.3 is 0 Å². The molecule has 1 aromatic heterocycles. The van der Waals surface area contributed by atoms with E-state index in [9.17, 15) is 0 Å². The normalized spacial score (nSPS) is 10.3. The molecule has 0 bridgehead atoms. The van der Waals surface area contributed by atoms with Gasteiger partial charge in [0.05, 0.1) is 5.69 Å². The molecule has 0 atom stereocenters. The summed E-state index contributed by atoms with van der Waals surface area (Å²) in [5.41, 5.74) is 2.00. The van der Waals surface area contributed by atoms with Crippen LogP contribution in [0.3, 0.4) is 0 Å². The molecular formula is C16H11N. The van der Waals surface area contributed by atoms with E-state index in [4.69, 9.17) is 6.42 Å². The second kappa shape index (κ2) is 3.84. The number of fused-ring (bicyclic) bond motifs is 1. The van der Waals surface area contributed by atoms with Gasteiger partial charge in [-0.05, 0) is 23.6 Å². The average Bonchev–Trinajstić information content (AvgIpc) is 2.91. The van der Waals surface area contributed by atoms with Crippen LogP contribution in [-0.2, 0) is 0 Å². The molecule has 0 aliphatic rings. The van der Waals surface area contributed by atoms with Crippen LogP contribution in [-0.4, -0.2) is 4.57 Å². The Labute approximate surface area is 100 Å². The zero-order chi connectivity index (χ0) is 11.7. The molecular weight excluding hydrogens is 206 g/mol. The first-order valence-corrected chi connectivity index (χ1v) is 5.52. The summed E-state index contributed by atoms with van der Waals surface area (Å²) in [4.78, 5) is 0. The molecule has 0 N–H and O–H groups in total. The molecule has 1 nitrogen and oxygen atoms in total. The van der Waals surface area contributed by atoms with E-state index in [1.165, 1.54) is 10.8 Å². The van der Waals surface area contributed by atoms with Crippen molar-refractivity contribution in [3.63, 3.8) is 0 Å². The van der Waals surface area contributed by atoms with E-state index in [-0.39, 0.29) is 0 Å². The van der Waals surface area contributed by atoms with Crippen molar-refractivity contribution in [2.24, 2.45) is 0 Å². The Kier molecular flexibility index (Phi) is 2.20. The maximum Gasteiger partial charge on any atom is 0.0685 e. The number of hydrogen-bond acceptors (Lipinski definition) is 0. The van der Waals surface area contributed by atoms with Crippen LogP contribution in [0.1, 0.15) is 5.56 Å². The maximum absolute atomic E-state index is 5.58. The van der Waals surface area contributed by atoms with E-state index in [0.717, 1.165) is 11.3 Å². The molecule has 0 aliphatic heterocycles. The minimum atomic E-state index is 0.917. The van der Waals surface area contributed by atoms with Crippen molar-refractivity contribution in [2.45, 2.75) is 0 Å². The lowest BCUT2D eigenvalue weighted by Gasteiger charge is -2.10. The molecule has 0 fully saturated rings. The summed E-state index contributed by atoms with van der Waals surface area (Å²) >= 11 is 0. The van der Waals surface area contributed by atoms with Gasteiger partial charge in [-0.15, -0.1) is 6.42 Å². The molecule has 0 amide bonds. The molecule has 0 spiro atoms. The lowest BCUT2D eigenvalue weighted by atomic mass is 10.0. The second-order valence-electron chi connectivity index (χ2n) is 3.92. The fourth-order valence-corrected chi connectivity index (χ4v) is 2.13. The molecule has 2 aromatic carbocycles. The second-order valence-corrected chi connectivity index (χ2v) is 3.92. The van der Waals surface area contributed by atoms with Crippen LogP contribution in [0, 0.1) is 12.3 Å². The quantitative estimate of drug-likeness (QED) is 0.549. The average molecular weight is 217 g/mol. The Bertz CT molecular complexity index is 700. The van der Waals surface area contributed by atoms with Crippen molar-refractivity contribution in [3.8, 4) is 18.0 Å². The molecule has 3 aromatic rings. The first-order valence-electron chi connectivity index (χ1n) is 5.52. The molecule has 0 unspecified atom stereocenters. The van der Waals surface area contributed by atoms with Gasteiger partial charge in [0.25, 0.3) is 0 Å². The maximum atomic E-state index is 5.58. The van der Waals surface area contributed by atoms with Crippen LogP contribution in [0.25, 0.3) is 16.5 Å². The van der Waals surface area contributed by atoms with Gasteiger partial charge in [0.1, 0.15) is 0 Å². The van der Waals surface area contributed by atoms with E-state index >= 15 is 0 Å². The molecule has 0 saturated carbocycles. The van der Waals surface area contributed by atoms with E-state index in [0.29, 0.717) is 0 Å². The predicted molar refractivity (Wildman–Crippen MR) is 71.2 cm³/mol. The van der Waals surface area contributed by atoms with Crippen molar-refractivity contribution in [1.29, 1.82) is 0 Å². The molecule has 1 heterocycles. The third kappa shape index (κ3) is 1.51. The Balaban J connectivity index is 2.45. The number of nitrogens with zero attached hydrogens (tertiary/aromatic N) is 1. The van der Waals surface area contributed by atoms with Crippen LogP contribution >= 0.6 is 0 Å². The fraction of sp³-hybridized carbons (Fsp3) is 0. The number of rotatable bonds is 1. The van der Waals surface area contributed by atoms with Crippen LogP contribution in [0.5, 0.6) is 0 Å². The molecule has 3 rings (SSSR count). The third-order valence-electron chi connectivity index (χ3n) is 2.92. The van der Waals surface area contributed by atoms with Crippen LogP contribution in [0.2, 0.25) is 0 Å². The minimum Gasteiger partial charge on any atom is -0.322 e. The van der Waals surface area contributed by atoms with Gasteiger partial charge in [-0.3, -0.25) is 0 Å². The van der Waals surface area contributed by atoms with E-state index < -0.39 is 0 Å². The van der Waals surface area contributed by atoms with Crippen molar-refractivity contribution in [1.82, 2.24) is 4.57 Å². The lowest BCUT2D eigenvalue weighted by Crippen LogP contribution is -1.95. The standard InChI is InChI=1S/C16H11N/c1-2-13-9-10-14-7-3-4-8-15(14)16(13)17-11-5-6-12-17/h1,3-12H. The van der Waals surface area contributed by atoms with Gasteiger partial charge in [0.2, 0.25) is 0 Å². The summed E-state index contributed by atoms with van der Waals surface area (Å²) in [6.45, 7) is 0. The summed E-state index contributed by atoms with van der Waals surface area (Å²) < 4.78 is 2.07. The monoisotopic (exact) mass is 217 g/mol. The molecule has 0 saturated heterocycles. The van der Waals surface area contributed by atoms with Crippen molar-refractivity contribution in [2.75, 3.05) is 0 Å². The highest BCUT2D eigenvalue weighted by atomic mass is 14.9. The van der Waals surface area contributed by atoms with Gasteiger partial charge in [-0.1, -0.05) is 36.3 Å². The molecule has 1 heteroatoms. The van der Waals surface area contributed by atoms with Crippen molar-refractivity contribution >= 4 is 10.8 Å². The van der Waals surface area contributed by atoms with Gasteiger partial charge in [0, 0.05) is 23.3 Å². The highest BCUT2D eigenvalue weighted by molar-refractivity contribution is 5.92. The molecule has 80 valence electrons. The van der Waals surface area contributed by atoms with Gasteiger partial charge in [0.15, 0.2) is 0 Å². The highest BCUT2D eigenvalue weighted by Gasteiger charge is 2.06. The van der Waals surface area contributed by atoms with Gasteiger partial charge < -0.3 is 4.57 Å². The first-order chi connectivity index (χ1) is 8.40. The van der Waals surface area contributed by atoms with E-state index in [1.54, 1.807) is 0 Å². The summed E-state index contributed by atoms with van der Waals surface area (Å²) in [6.07, 6.45) is 9.62. The van der Waals surface area contributed by atoms with Crippen molar-refractivity contribution in [3.05, 3.63) is 66.5 Å². The first kappa shape index (κ1) is 9.74. The van der Waals surface area contributed by atoms with Crippen LogP contribution < -0.4 is 0 Å².